The van der Waals surface area contributed by atoms with Crippen molar-refractivity contribution in [3.8, 4) is 17.2 Å². The molecule has 26 heavy (non-hydrogen) atoms. The van der Waals surface area contributed by atoms with E-state index >= 15 is 0 Å². The number of fused-ring (bicyclic) bond motifs is 4. The van der Waals surface area contributed by atoms with E-state index in [2.05, 4.69) is 0 Å². The first kappa shape index (κ1) is 17.0. The fourth-order valence-corrected chi connectivity index (χ4v) is 4.23. The van der Waals surface area contributed by atoms with E-state index in [4.69, 9.17) is 23.7 Å². The van der Waals surface area contributed by atoms with E-state index in [0.717, 1.165) is 27.5 Å². The second kappa shape index (κ2) is 6.06. The summed E-state index contributed by atoms with van der Waals surface area (Å²) in [7, 11) is 4.88. The monoisotopic (exact) mass is 358 g/mol. The molecule has 0 saturated carbocycles. The van der Waals surface area contributed by atoms with E-state index in [-0.39, 0.29) is 24.6 Å². The molecule has 0 radical (unpaired) electrons. The van der Waals surface area contributed by atoms with Crippen LogP contribution in [0.25, 0.3) is 10.8 Å². The van der Waals surface area contributed by atoms with Crippen LogP contribution in [-0.4, -0.2) is 33.4 Å². The van der Waals surface area contributed by atoms with Crippen LogP contribution in [-0.2, 0) is 14.3 Å². The number of rotatable bonds is 3. The number of hydrogen-bond donors (Lipinski definition) is 0. The second-order valence-corrected chi connectivity index (χ2v) is 6.66. The Morgan fingerprint density at radius 1 is 1.00 bits per heavy atom. The van der Waals surface area contributed by atoms with Gasteiger partial charge in [0.25, 0.3) is 0 Å². The molecule has 2 aliphatic heterocycles. The molecule has 0 unspecified atom stereocenters. The van der Waals surface area contributed by atoms with Crippen LogP contribution in [0.15, 0.2) is 12.1 Å². The first-order valence-electron chi connectivity index (χ1n) is 8.61. The van der Waals surface area contributed by atoms with Crippen molar-refractivity contribution in [3.05, 3.63) is 28.8 Å². The van der Waals surface area contributed by atoms with Crippen molar-refractivity contribution in [1.29, 1.82) is 0 Å². The summed E-state index contributed by atoms with van der Waals surface area (Å²) in [6, 6.07) is 3.90. The number of aryl methyl sites for hydroxylation is 1. The molecule has 3 atom stereocenters. The Morgan fingerprint density at radius 3 is 2.35 bits per heavy atom. The normalized spacial score (nSPS) is 24.0. The van der Waals surface area contributed by atoms with Gasteiger partial charge in [-0.25, -0.2) is 0 Å². The van der Waals surface area contributed by atoms with Gasteiger partial charge >= 0.3 is 5.97 Å². The molecule has 2 aromatic rings. The van der Waals surface area contributed by atoms with Crippen LogP contribution >= 0.6 is 0 Å². The fraction of sp³-hybridized carbons (Fsp3) is 0.450. The lowest BCUT2D eigenvalue weighted by molar-refractivity contribution is -0.143. The average molecular weight is 358 g/mol. The molecule has 138 valence electrons. The zero-order valence-corrected chi connectivity index (χ0v) is 15.5. The minimum absolute atomic E-state index is 0.239. The summed E-state index contributed by atoms with van der Waals surface area (Å²) in [6.07, 6.45) is -0.841. The summed E-state index contributed by atoms with van der Waals surface area (Å²) in [5.74, 6) is 1.78. The van der Waals surface area contributed by atoms with E-state index in [1.54, 1.807) is 21.3 Å². The third-order valence-electron chi connectivity index (χ3n) is 5.27. The van der Waals surface area contributed by atoms with Crippen molar-refractivity contribution < 1.29 is 28.5 Å². The van der Waals surface area contributed by atoms with E-state index in [9.17, 15) is 4.79 Å². The molecule has 2 aromatic carbocycles. The number of esters is 1. The van der Waals surface area contributed by atoms with Crippen molar-refractivity contribution in [3.63, 3.8) is 0 Å². The van der Waals surface area contributed by atoms with Crippen LogP contribution in [0.5, 0.6) is 17.2 Å². The minimum Gasteiger partial charge on any atom is -0.496 e. The molecule has 1 saturated heterocycles. The first-order valence-corrected chi connectivity index (χ1v) is 8.61. The van der Waals surface area contributed by atoms with Crippen LogP contribution in [0.1, 0.15) is 42.2 Å². The Bertz CT molecular complexity index is 903. The predicted molar refractivity (Wildman–Crippen MR) is 95.1 cm³/mol. The Morgan fingerprint density at radius 2 is 1.69 bits per heavy atom. The zero-order chi connectivity index (χ0) is 18.6. The molecule has 0 N–H and O–H groups in total. The fourth-order valence-electron chi connectivity index (χ4n) is 4.23. The predicted octanol–water partition coefficient (Wildman–Crippen LogP) is 3.62. The molecule has 2 heterocycles. The van der Waals surface area contributed by atoms with Gasteiger partial charge in [0.05, 0.1) is 39.2 Å². The lowest BCUT2D eigenvalue weighted by Gasteiger charge is -2.35. The maximum absolute atomic E-state index is 11.9. The second-order valence-electron chi connectivity index (χ2n) is 6.66. The third kappa shape index (κ3) is 2.18. The Hall–Kier alpha value is -2.47. The van der Waals surface area contributed by atoms with Gasteiger partial charge < -0.3 is 23.7 Å². The smallest absolute Gasteiger partial charge is 0.309 e. The maximum Gasteiger partial charge on any atom is 0.309 e. The molecule has 6 heteroatoms. The molecular formula is C20H22O6. The number of hydrogen-bond acceptors (Lipinski definition) is 6. The highest BCUT2D eigenvalue weighted by atomic mass is 16.6. The van der Waals surface area contributed by atoms with Crippen LogP contribution in [0.2, 0.25) is 0 Å². The topological polar surface area (TPSA) is 63.2 Å². The molecule has 1 fully saturated rings. The molecule has 0 bridgehead atoms. The lowest BCUT2D eigenvalue weighted by atomic mass is 9.86. The van der Waals surface area contributed by atoms with Crippen LogP contribution in [0.4, 0.5) is 0 Å². The summed E-state index contributed by atoms with van der Waals surface area (Å²) in [4.78, 5) is 11.9. The first-order chi connectivity index (χ1) is 12.5. The molecule has 2 aliphatic rings. The number of methoxy groups -OCH3 is 3. The van der Waals surface area contributed by atoms with Crippen LogP contribution < -0.4 is 14.2 Å². The minimum atomic E-state index is -0.507. The highest BCUT2D eigenvalue weighted by Crippen LogP contribution is 2.55. The van der Waals surface area contributed by atoms with E-state index < -0.39 is 6.10 Å². The van der Waals surface area contributed by atoms with Gasteiger partial charge in [0.15, 0.2) is 6.10 Å². The maximum atomic E-state index is 11.9. The van der Waals surface area contributed by atoms with Gasteiger partial charge in [0, 0.05) is 16.5 Å². The number of benzene rings is 2. The summed E-state index contributed by atoms with van der Waals surface area (Å²) < 4.78 is 28.9. The van der Waals surface area contributed by atoms with Crippen molar-refractivity contribution in [2.24, 2.45) is 0 Å². The summed E-state index contributed by atoms with van der Waals surface area (Å²) >= 11 is 0. The number of ether oxygens (including phenoxy) is 5. The SMILES string of the molecule is COc1ccc(C)c2c(OC)c3c(c(OC)c12)[C@@H]1OC(=O)C[C@@H]1O[C@H]3C. The summed E-state index contributed by atoms with van der Waals surface area (Å²) in [5, 5.41) is 1.74. The molecule has 4 rings (SSSR count). The Kier molecular flexibility index (Phi) is 3.95. The quantitative estimate of drug-likeness (QED) is 0.781. The third-order valence-corrected chi connectivity index (χ3v) is 5.27. The van der Waals surface area contributed by atoms with Crippen LogP contribution in [0.3, 0.4) is 0 Å². The van der Waals surface area contributed by atoms with Gasteiger partial charge in [-0.05, 0) is 25.5 Å². The van der Waals surface area contributed by atoms with E-state index in [1.807, 2.05) is 26.0 Å². The van der Waals surface area contributed by atoms with Gasteiger partial charge in [-0.1, -0.05) is 6.07 Å². The number of carbonyl (C=O) groups is 1. The standard InChI is InChI=1S/C20H22O6/c1-9-6-7-11(22-3)16-14(9)19(23-4)15-10(2)25-12-8-13(21)26-18(12)17(15)20(16)24-5/h6-7,10,12,18H,8H2,1-5H3/t10-,12-,18+/m0/s1. The molecule has 0 aliphatic carbocycles. The Labute approximate surface area is 151 Å². The van der Waals surface area contributed by atoms with Gasteiger partial charge in [-0.15, -0.1) is 0 Å². The van der Waals surface area contributed by atoms with Crippen molar-refractivity contribution >= 4 is 16.7 Å². The highest BCUT2D eigenvalue weighted by Gasteiger charge is 2.47. The van der Waals surface area contributed by atoms with Crippen molar-refractivity contribution in [1.82, 2.24) is 0 Å². The molecule has 0 aromatic heterocycles. The average Bonchev–Trinajstić information content (AvgIpc) is 3.00. The van der Waals surface area contributed by atoms with Crippen molar-refractivity contribution in [2.75, 3.05) is 21.3 Å². The van der Waals surface area contributed by atoms with Gasteiger partial charge in [0.1, 0.15) is 23.4 Å². The molecule has 0 amide bonds. The van der Waals surface area contributed by atoms with Gasteiger partial charge in [0.2, 0.25) is 0 Å². The zero-order valence-electron chi connectivity index (χ0n) is 15.5. The summed E-state index contributed by atoms with van der Waals surface area (Å²) in [6.45, 7) is 3.98. The largest absolute Gasteiger partial charge is 0.496 e. The Balaban J connectivity index is 2.18. The van der Waals surface area contributed by atoms with E-state index in [1.165, 1.54) is 0 Å². The number of carbonyl (C=O) groups excluding carboxylic acids is 1. The molecule has 6 nitrogen and oxygen atoms in total. The van der Waals surface area contributed by atoms with Crippen molar-refractivity contribution in [2.45, 2.75) is 38.6 Å². The molecular weight excluding hydrogens is 336 g/mol. The van der Waals surface area contributed by atoms with E-state index in [0.29, 0.717) is 17.2 Å². The van der Waals surface area contributed by atoms with Crippen LogP contribution in [0, 0.1) is 6.92 Å². The molecule has 0 spiro atoms. The highest BCUT2D eigenvalue weighted by molar-refractivity contribution is 6.02. The van der Waals surface area contributed by atoms with Gasteiger partial charge in [-0.2, -0.15) is 0 Å². The summed E-state index contributed by atoms with van der Waals surface area (Å²) in [5.41, 5.74) is 2.72. The lowest BCUT2D eigenvalue weighted by Crippen LogP contribution is -2.28. The van der Waals surface area contributed by atoms with Gasteiger partial charge in [-0.3, -0.25) is 4.79 Å².